The molecular formula is C10H15N3O2S. The van der Waals surface area contributed by atoms with Gasteiger partial charge in [0.1, 0.15) is 4.90 Å². The Balaban J connectivity index is 1.67. The van der Waals surface area contributed by atoms with Gasteiger partial charge >= 0.3 is 0 Å². The Labute approximate surface area is 94.7 Å². The van der Waals surface area contributed by atoms with Crippen LogP contribution >= 0.6 is 0 Å². The van der Waals surface area contributed by atoms with E-state index in [-0.39, 0.29) is 10.3 Å². The van der Waals surface area contributed by atoms with Crippen molar-refractivity contribution in [3.05, 3.63) is 12.4 Å². The van der Waals surface area contributed by atoms with Crippen molar-refractivity contribution >= 4 is 10.0 Å². The molecule has 0 atom stereocenters. The summed E-state index contributed by atoms with van der Waals surface area (Å²) in [6.07, 6.45) is 7.62. The van der Waals surface area contributed by atoms with Crippen LogP contribution in [0.5, 0.6) is 0 Å². The molecule has 16 heavy (non-hydrogen) atoms. The van der Waals surface area contributed by atoms with Crippen molar-refractivity contribution in [1.29, 1.82) is 0 Å². The van der Waals surface area contributed by atoms with Crippen LogP contribution in [0.15, 0.2) is 17.3 Å². The highest BCUT2D eigenvalue weighted by atomic mass is 32.2. The first-order valence-electron chi connectivity index (χ1n) is 5.61. The number of nitrogens with zero attached hydrogens (tertiary/aromatic N) is 1. The van der Waals surface area contributed by atoms with Gasteiger partial charge in [-0.2, -0.15) is 5.10 Å². The van der Waals surface area contributed by atoms with E-state index < -0.39 is 10.0 Å². The molecule has 2 N–H and O–H groups in total. The molecule has 0 unspecified atom stereocenters. The molecule has 5 nitrogen and oxygen atoms in total. The van der Waals surface area contributed by atoms with Crippen molar-refractivity contribution in [2.45, 2.75) is 30.6 Å². The zero-order valence-corrected chi connectivity index (χ0v) is 9.76. The van der Waals surface area contributed by atoms with Gasteiger partial charge in [-0.05, 0) is 37.0 Å². The van der Waals surface area contributed by atoms with E-state index in [9.17, 15) is 8.42 Å². The summed E-state index contributed by atoms with van der Waals surface area (Å²) in [6, 6.07) is 0. The molecule has 2 aliphatic rings. The van der Waals surface area contributed by atoms with E-state index >= 15 is 0 Å². The average Bonchev–Trinajstić information content (AvgIpc) is 3.14. The number of aromatic nitrogens is 2. The van der Waals surface area contributed by atoms with Gasteiger partial charge in [-0.1, -0.05) is 0 Å². The first kappa shape index (κ1) is 10.3. The van der Waals surface area contributed by atoms with E-state index in [2.05, 4.69) is 14.9 Å². The SMILES string of the molecule is O=S(=O)(NCC1(C2CC2)CC1)c1cn[nH]c1. The van der Waals surface area contributed by atoms with Gasteiger partial charge < -0.3 is 0 Å². The van der Waals surface area contributed by atoms with Crippen molar-refractivity contribution in [2.24, 2.45) is 11.3 Å². The van der Waals surface area contributed by atoms with Crippen LogP contribution < -0.4 is 4.72 Å². The fraction of sp³-hybridized carbons (Fsp3) is 0.700. The predicted octanol–water partition coefficient (Wildman–Crippen LogP) is 0.878. The van der Waals surface area contributed by atoms with Gasteiger partial charge in [0.05, 0.1) is 6.20 Å². The van der Waals surface area contributed by atoms with Crippen LogP contribution in [0.3, 0.4) is 0 Å². The van der Waals surface area contributed by atoms with Gasteiger partial charge in [0, 0.05) is 12.7 Å². The first-order valence-corrected chi connectivity index (χ1v) is 7.09. The van der Waals surface area contributed by atoms with Gasteiger partial charge in [-0.15, -0.1) is 0 Å². The molecule has 0 bridgehead atoms. The average molecular weight is 241 g/mol. The Hall–Kier alpha value is -0.880. The van der Waals surface area contributed by atoms with Crippen LogP contribution in [0.2, 0.25) is 0 Å². The number of hydrogen-bond acceptors (Lipinski definition) is 3. The summed E-state index contributed by atoms with van der Waals surface area (Å²) >= 11 is 0. The summed E-state index contributed by atoms with van der Waals surface area (Å²) in [5, 5.41) is 6.17. The van der Waals surface area contributed by atoms with Crippen LogP contribution in [0.1, 0.15) is 25.7 Å². The van der Waals surface area contributed by atoms with Crippen molar-refractivity contribution < 1.29 is 8.42 Å². The number of H-pyrrole nitrogens is 1. The van der Waals surface area contributed by atoms with Crippen LogP contribution in [0.4, 0.5) is 0 Å². The summed E-state index contributed by atoms with van der Waals surface area (Å²) in [4.78, 5) is 0.221. The summed E-state index contributed by atoms with van der Waals surface area (Å²) in [5.74, 6) is 0.763. The van der Waals surface area contributed by atoms with Crippen LogP contribution in [-0.4, -0.2) is 25.2 Å². The molecule has 1 heterocycles. The molecule has 2 fully saturated rings. The van der Waals surface area contributed by atoms with Gasteiger partial charge in [0.15, 0.2) is 0 Å². The standard InChI is InChI=1S/C10H15N3O2S/c14-16(15,9-5-11-12-6-9)13-7-10(3-4-10)8-1-2-8/h5-6,8,13H,1-4,7H2,(H,11,12). The molecule has 88 valence electrons. The van der Waals surface area contributed by atoms with Gasteiger partial charge in [-0.3, -0.25) is 5.10 Å². The maximum Gasteiger partial charge on any atom is 0.243 e. The molecule has 0 amide bonds. The van der Waals surface area contributed by atoms with Crippen molar-refractivity contribution in [1.82, 2.24) is 14.9 Å². The Morgan fingerprint density at radius 1 is 1.50 bits per heavy atom. The molecule has 1 aromatic heterocycles. The quantitative estimate of drug-likeness (QED) is 0.803. The van der Waals surface area contributed by atoms with E-state index in [1.807, 2.05) is 0 Å². The van der Waals surface area contributed by atoms with Crippen molar-refractivity contribution in [3.63, 3.8) is 0 Å². The lowest BCUT2D eigenvalue weighted by Gasteiger charge is -2.14. The number of rotatable bonds is 5. The summed E-state index contributed by atoms with van der Waals surface area (Å²) < 4.78 is 26.4. The van der Waals surface area contributed by atoms with Gasteiger partial charge in [0.2, 0.25) is 10.0 Å². The minimum atomic E-state index is -3.36. The molecule has 0 radical (unpaired) electrons. The summed E-state index contributed by atoms with van der Waals surface area (Å²) in [7, 11) is -3.36. The van der Waals surface area contributed by atoms with E-state index in [1.165, 1.54) is 38.1 Å². The number of aromatic amines is 1. The van der Waals surface area contributed by atoms with E-state index in [4.69, 9.17) is 0 Å². The van der Waals surface area contributed by atoms with E-state index in [0.717, 1.165) is 5.92 Å². The molecule has 2 aliphatic carbocycles. The Kier molecular flexibility index (Phi) is 2.12. The predicted molar refractivity (Wildman–Crippen MR) is 58.2 cm³/mol. The minimum absolute atomic E-state index is 0.221. The third kappa shape index (κ3) is 1.76. The fourth-order valence-corrected chi connectivity index (χ4v) is 3.34. The maximum absolute atomic E-state index is 11.8. The lowest BCUT2D eigenvalue weighted by atomic mass is 10.0. The zero-order valence-electron chi connectivity index (χ0n) is 8.94. The van der Waals surface area contributed by atoms with Crippen LogP contribution in [0, 0.1) is 11.3 Å². The van der Waals surface area contributed by atoms with Crippen LogP contribution in [0.25, 0.3) is 0 Å². The Morgan fingerprint density at radius 3 is 2.75 bits per heavy atom. The van der Waals surface area contributed by atoms with Crippen molar-refractivity contribution in [2.75, 3.05) is 6.54 Å². The molecule has 6 heteroatoms. The molecule has 2 saturated carbocycles. The molecule has 1 aromatic rings. The zero-order chi connectivity index (χ0) is 11.2. The second kappa shape index (κ2) is 3.30. The third-order valence-electron chi connectivity index (χ3n) is 3.73. The number of hydrogen-bond donors (Lipinski definition) is 2. The minimum Gasteiger partial charge on any atom is -0.284 e. The van der Waals surface area contributed by atoms with E-state index in [1.54, 1.807) is 0 Å². The highest BCUT2D eigenvalue weighted by molar-refractivity contribution is 7.89. The lowest BCUT2D eigenvalue weighted by molar-refractivity contribution is 0.432. The largest absolute Gasteiger partial charge is 0.284 e. The normalized spacial score (nSPS) is 23.2. The smallest absolute Gasteiger partial charge is 0.243 e. The molecule has 0 aliphatic heterocycles. The molecule has 0 saturated heterocycles. The summed E-state index contributed by atoms with van der Waals surface area (Å²) in [6.45, 7) is 0.588. The Bertz CT molecular complexity index is 472. The lowest BCUT2D eigenvalue weighted by Crippen LogP contribution is -2.31. The Morgan fingerprint density at radius 2 is 2.25 bits per heavy atom. The second-order valence-corrected chi connectivity index (χ2v) is 6.66. The van der Waals surface area contributed by atoms with Gasteiger partial charge in [-0.25, -0.2) is 13.1 Å². The molecule has 3 rings (SSSR count). The van der Waals surface area contributed by atoms with E-state index in [0.29, 0.717) is 6.54 Å². The maximum atomic E-state index is 11.8. The molecule has 0 aromatic carbocycles. The fourth-order valence-electron chi connectivity index (χ4n) is 2.29. The number of nitrogens with one attached hydrogen (secondary N) is 2. The highest BCUT2D eigenvalue weighted by Gasteiger charge is 2.53. The molecule has 0 spiro atoms. The number of sulfonamides is 1. The summed E-state index contributed by atoms with van der Waals surface area (Å²) in [5.41, 5.74) is 0.288. The van der Waals surface area contributed by atoms with Crippen molar-refractivity contribution in [3.8, 4) is 0 Å². The van der Waals surface area contributed by atoms with Crippen LogP contribution in [-0.2, 0) is 10.0 Å². The first-order chi connectivity index (χ1) is 7.62. The molecular weight excluding hydrogens is 226 g/mol. The third-order valence-corrected chi connectivity index (χ3v) is 5.10. The van der Waals surface area contributed by atoms with Gasteiger partial charge in [0.25, 0.3) is 0 Å². The topological polar surface area (TPSA) is 74.8 Å². The second-order valence-electron chi connectivity index (χ2n) is 4.90. The monoisotopic (exact) mass is 241 g/mol. The highest BCUT2D eigenvalue weighted by Crippen LogP contribution is 2.60.